The van der Waals surface area contributed by atoms with Gasteiger partial charge in [0, 0.05) is 90.2 Å². The van der Waals surface area contributed by atoms with Gasteiger partial charge in [-0.3, -0.25) is 9.59 Å². The molecule has 0 aromatic carbocycles. The Morgan fingerprint density at radius 2 is 1.33 bits per heavy atom. The van der Waals surface area contributed by atoms with Gasteiger partial charge < -0.3 is 65.1 Å². The van der Waals surface area contributed by atoms with Crippen LogP contribution in [0.5, 0.6) is 0 Å². The zero-order valence-electron chi connectivity index (χ0n) is 30.5. The van der Waals surface area contributed by atoms with E-state index in [1.54, 1.807) is 7.11 Å². The van der Waals surface area contributed by atoms with Crippen LogP contribution in [0, 0.1) is 0 Å². The molecule has 0 rings (SSSR count). The van der Waals surface area contributed by atoms with Gasteiger partial charge in [-0.1, -0.05) is 13.5 Å². The Kier molecular flexibility index (Phi) is 33.7. The molecule has 1 unspecified atom stereocenters. The molecule has 0 spiro atoms. The number of amides is 2. The van der Waals surface area contributed by atoms with Crippen molar-refractivity contribution in [3.05, 3.63) is 12.3 Å². The number of rotatable bonds is 38. The van der Waals surface area contributed by atoms with Crippen LogP contribution in [-0.4, -0.2) is 174 Å². The van der Waals surface area contributed by atoms with E-state index >= 15 is 0 Å². The van der Waals surface area contributed by atoms with Gasteiger partial charge in [-0.25, -0.2) is 0 Å². The maximum Gasteiger partial charge on any atom is 0.222 e. The van der Waals surface area contributed by atoms with Crippen molar-refractivity contribution in [3.8, 4) is 0 Å². The maximum atomic E-state index is 13.0. The first kappa shape index (κ1) is 47.4. The van der Waals surface area contributed by atoms with Crippen LogP contribution >= 0.6 is 12.6 Å². The van der Waals surface area contributed by atoms with Crippen LogP contribution < -0.4 is 27.0 Å². The molecule has 0 heterocycles. The van der Waals surface area contributed by atoms with Gasteiger partial charge in [0.25, 0.3) is 0 Å². The monoisotopic (exact) mass is 724 g/mol. The van der Waals surface area contributed by atoms with Crippen LogP contribution in [0.15, 0.2) is 12.3 Å². The fourth-order valence-corrected chi connectivity index (χ4v) is 4.55. The van der Waals surface area contributed by atoms with Crippen LogP contribution in [-0.2, 0) is 42.7 Å². The van der Waals surface area contributed by atoms with Gasteiger partial charge in [0.05, 0.1) is 84.8 Å². The largest absolute Gasteiger partial charge is 0.386 e. The van der Waals surface area contributed by atoms with Crippen molar-refractivity contribution in [1.82, 2.24) is 26.2 Å². The van der Waals surface area contributed by atoms with Crippen LogP contribution in [0.3, 0.4) is 0 Å². The molecule has 0 aliphatic carbocycles. The number of hydrogen-bond acceptors (Lipinski definition) is 14. The molecule has 0 aliphatic rings. The molecule has 2 amide bonds. The van der Waals surface area contributed by atoms with Crippen molar-refractivity contribution in [3.63, 3.8) is 0 Å². The zero-order chi connectivity index (χ0) is 36.3. The van der Waals surface area contributed by atoms with E-state index in [0.717, 1.165) is 18.7 Å². The first-order chi connectivity index (χ1) is 23.8. The van der Waals surface area contributed by atoms with Gasteiger partial charge >= 0.3 is 0 Å². The molecular weight excluding hydrogens is 656 g/mol. The summed E-state index contributed by atoms with van der Waals surface area (Å²) in [6.07, 6.45) is 2.04. The highest BCUT2D eigenvalue weighted by molar-refractivity contribution is 7.80. The van der Waals surface area contributed by atoms with Crippen molar-refractivity contribution in [2.24, 2.45) is 5.73 Å². The van der Waals surface area contributed by atoms with Crippen molar-refractivity contribution in [2.45, 2.75) is 38.1 Å². The Labute approximate surface area is 300 Å². The van der Waals surface area contributed by atoms with Crippen molar-refractivity contribution < 1.29 is 42.7 Å². The molecule has 0 saturated carbocycles. The van der Waals surface area contributed by atoms with E-state index in [9.17, 15) is 9.59 Å². The lowest BCUT2D eigenvalue weighted by Crippen LogP contribution is -2.60. The molecule has 16 heteroatoms. The highest BCUT2D eigenvalue weighted by Crippen LogP contribution is 2.13. The van der Waals surface area contributed by atoms with Crippen LogP contribution in [0.4, 0.5) is 0 Å². The lowest BCUT2D eigenvalue weighted by atomic mass is 10.0. The van der Waals surface area contributed by atoms with Crippen molar-refractivity contribution >= 4 is 24.4 Å². The summed E-state index contributed by atoms with van der Waals surface area (Å²) in [5, 5.41) is 12.5. The standard InChI is InChI=1S/C33H68N6O9S/c1-5-15-43-22-13-37-31(40)6-14-39(3)27-33(29-49,28-48-16-7-30(2)36-12-21-47-24-23-42-4)38-32(41)8-17-44-25-26-46-20-11-35-10-19-45-18-9-34/h35-36,49H,2,5-29,34H2,1,3-4H3,(H,37,40)(H,38,41). The number of ether oxygens (including phenoxy) is 7. The van der Waals surface area contributed by atoms with E-state index in [0.29, 0.717) is 131 Å². The third-order valence-corrected chi connectivity index (χ3v) is 7.46. The van der Waals surface area contributed by atoms with Crippen molar-refractivity contribution in [1.29, 1.82) is 0 Å². The van der Waals surface area contributed by atoms with Crippen molar-refractivity contribution in [2.75, 3.05) is 152 Å². The number of likely N-dealkylation sites (N-methyl/N-ethyl adjacent to an activating group) is 1. The second-order valence-electron chi connectivity index (χ2n) is 11.5. The number of carbonyl (C=O) groups is 2. The molecule has 0 radical (unpaired) electrons. The summed E-state index contributed by atoms with van der Waals surface area (Å²) in [6.45, 7) is 16.4. The number of thiol groups is 1. The third-order valence-electron chi connectivity index (χ3n) is 6.85. The first-order valence-electron chi connectivity index (χ1n) is 17.5. The zero-order valence-corrected chi connectivity index (χ0v) is 31.4. The Morgan fingerprint density at radius 3 is 1.98 bits per heavy atom. The molecule has 0 aliphatic heterocycles. The van der Waals surface area contributed by atoms with E-state index < -0.39 is 5.54 Å². The predicted octanol–water partition coefficient (Wildman–Crippen LogP) is -0.203. The van der Waals surface area contributed by atoms with E-state index in [-0.39, 0.29) is 31.4 Å². The second-order valence-corrected chi connectivity index (χ2v) is 11.8. The van der Waals surface area contributed by atoms with Gasteiger partial charge in [-0.2, -0.15) is 12.6 Å². The van der Waals surface area contributed by atoms with E-state index in [4.69, 9.17) is 38.9 Å². The summed E-state index contributed by atoms with van der Waals surface area (Å²) < 4.78 is 38.4. The van der Waals surface area contributed by atoms with Gasteiger partial charge in [0.1, 0.15) is 0 Å². The molecule has 49 heavy (non-hydrogen) atoms. The summed E-state index contributed by atoms with van der Waals surface area (Å²) >= 11 is 4.62. The van der Waals surface area contributed by atoms with Crippen LogP contribution in [0.2, 0.25) is 0 Å². The van der Waals surface area contributed by atoms with Gasteiger partial charge in [-0.05, 0) is 13.5 Å². The number of hydrogen-bond donors (Lipinski definition) is 6. The molecule has 0 aromatic rings. The topological polar surface area (TPSA) is 176 Å². The molecule has 290 valence electrons. The second kappa shape index (κ2) is 34.9. The Morgan fingerprint density at radius 1 is 0.735 bits per heavy atom. The average Bonchev–Trinajstić information content (AvgIpc) is 3.09. The van der Waals surface area contributed by atoms with E-state index in [1.165, 1.54) is 0 Å². The van der Waals surface area contributed by atoms with E-state index in [1.807, 2.05) is 18.9 Å². The molecule has 1 atom stereocenters. The van der Waals surface area contributed by atoms with Crippen LogP contribution in [0.1, 0.15) is 32.6 Å². The number of nitrogens with one attached hydrogen (secondary N) is 4. The summed E-state index contributed by atoms with van der Waals surface area (Å²) in [7, 11) is 3.55. The smallest absolute Gasteiger partial charge is 0.222 e. The first-order valence-corrected chi connectivity index (χ1v) is 18.1. The normalized spacial score (nSPS) is 12.6. The average molecular weight is 725 g/mol. The highest BCUT2D eigenvalue weighted by atomic mass is 32.1. The fraction of sp³-hybridized carbons (Fsp3) is 0.879. The molecule has 0 bridgehead atoms. The summed E-state index contributed by atoms with van der Waals surface area (Å²) in [5.41, 5.74) is 5.44. The van der Waals surface area contributed by atoms with Crippen LogP contribution in [0.25, 0.3) is 0 Å². The third kappa shape index (κ3) is 30.9. The minimum atomic E-state index is -0.783. The molecule has 0 aromatic heterocycles. The summed E-state index contributed by atoms with van der Waals surface area (Å²) in [5.74, 6) is 0.116. The number of methoxy groups -OCH3 is 1. The fourth-order valence-electron chi connectivity index (χ4n) is 4.28. The Hall–Kier alpha value is -1.57. The lowest BCUT2D eigenvalue weighted by Gasteiger charge is -2.37. The highest BCUT2D eigenvalue weighted by Gasteiger charge is 2.32. The molecular formula is C33H68N6O9S. The quantitative estimate of drug-likeness (QED) is 0.0365. The Bertz CT molecular complexity index is 806. The van der Waals surface area contributed by atoms with E-state index in [2.05, 4.69) is 40.5 Å². The Balaban J connectivity index is 4.69. The summed E-state index contributed by atoms with van der Waals surface area (Å²) in [6, 6.07) is 0. The molecule has 0 fully saturated rings. The van der Waals surface area contributed by atoms with Gasteiger partial charge in [0.15, 0.2) is 0 Å². The van der Waals surface area contributed by atoms with Gasteiger partial charge in [-0.15, -0.1) is 0 Å². The molecule has 6 N–H and O–H groups in total. The molecule has 0 saturated heterocycles. The number of nitrogens with zero attached hydrogens (tertiary/aromatic N) is 1. The predicted molar refractivity (Wildman–Crippen MR) is 195 cm³/mol. The number of carbonyl (C=O) groups excluding carboxylic acids is 2. The summed E-state index contributed by atoms with van der Waals surface area (Å²) in [4.78, 5) is 27.4. The number of nitrogens with two attached hydrogens (primary N) is 1. The SMILES string of the molecule is C=C(CCOCC(CS)(CN(C)CCC(=O)NCCOCCC)NC(=O)CCOCCOCCNCCOCCN)NCCOCCOC. The minimum Gasteiger partial charge on any atom is -0.386 e. The van der Waals surface area contributed by atoms with Gasteiger partial charge in [0.2, 0.25) is 11.8 Å². The molecule has 15 nitrogen and oxygen atoms in total. The maximum absolute atomic E-state index is 13.0. The lowest BCUT2D eigenvalue weighted by molar-refractivity contribution is -0.125. The minimum absolute atomic E-state index is 0.0517.